The second-order valence-corrected chi connectivity index (χ2v) is 7.33. The second kappa shape index (κ2) is 7.02. The van der Waals surface area contributed by atoms with E-state index in [1.807, 2.05) is 44.2 Å². The number of carbonyl (C=O) groups excluding carboxylic acids is 1. The molecule has 1 aliphatic carbocycles. The van der Waals surface area contributed by atoms with Crippen LogP contribution in [0.25, 0.3) is 16.7 Å². The highest BCUT2D eigenvalue weighted by Crippen LogP contribution is 2.35. The summed E-state index contributed by atoms with van der Waals surface area (Å²) in [5.74, 6) is 2.28. The summed E-state index contributed by atoms with van der Waals surface area (Å²) in [5, 5.41) is 1.03. The number of allylic oxidation sites excluding steroid dienone is 1. The molecule has 0 amide bonds. The Morgan fingerprint density at radius 1 is 1.19 bits per heavy atom. The van der Waals surface area contributed by atoms with Crippen LogP contribution in [0.15, 0.2) is 51.7 Å². The normalized spacial score (nSPS) is 18.5. The Morgan fingerprint density at radius 3 is 2.73 bits per heavy atom. The summed E-state index contributed by atoms with van der Waals surface area (Å²) in [6, 6.07) is 9.82. The molecule has 1 saturated carbocycles. The molecule has 0 spiro atoms. The molecule has 2 heterocycles. The number of hydrogen-bond acceptors (Lipinski definition) is 4. The van der Waals surface area contributed by atoms with Gasteiger partial charge in [0.15, 0.2) is 11.5 Å². The topological polar surface area (TPSA) is 48.7 Å². The van der Waals surface area contributed by atoms with E-state index < -0.39 is 0 Å². The van der Waals surface area contributed by atoms with E-state index in [-0.39, 0.29) is 5.97 Å². The van der Waals surface area contributed by atoms with Crippen LogP contribution in [-0.2, 0) is 14.3 Å². The number of furan rings is 1. The molecule has 0 atom stereocenters. The lowest BCUT2D eigenvalue weighted by atomic mass is 10.0. The third-order valence-electron chi connectivity index (χ3n) is 5.30. The van der Waals surface area contributed by atoms with Crippen LogP contribution in [0.1, 0.15) is 51.7 Å². The Hall–Kier alpha value is -2.49. The molecular formula is C22H24O4. The fourth-order valence-electron chi connectivity index (χ4n) is 3.90. The first-order valence-electron chi connectivity index (χ1n) is 9.35. The molecule has 1 fully saturated rings. The third kappa shape index (κ3) is 3.28. The number of rotatable bonds is 4. The highest BCUT2D eigenvalue weighted by Gasteiger charge is 2.26. The van der Waals surface area contributed by atoms with E-state index in [2.05, 4.69) is 0 Å². The van der Waals surface area contributed by atoms with Gasteiger partial charge in [0.1, 0.15) is 17.9 Å². The summed E-state index contributed by atoms with van der Waals surface area (Å²) in [4.78, 5) is 12.4. The van der Waals surface area contributed by atoms with Crippen molar-refractivity contribution < 1.29 is 18.7 Å². The summed E-state index contributed by atoms with van der Waals surface area (Å²) in [5.41, 5.74) is 2.56. The first-order valence-corrected chi connectivity index (χ1v) is 9.35. The standard InChI is InChI=1S/C22H24O4/c1-14-13-24-22(19-12-17-9-5-6-10-18(17)25-19)15(2)21(14)26-20(23)11-16-7-3-4-8-16/h5-6,9-10,12,16H,3-4,7-8,11,13H2,1-2H3. The Labute approximate surface area is 153 Å². The van der Waals surface area contributed by atoms with Crippen molar-refractivity contribution in [2.75, 3.05) is 6.61 Å². The molecule has 2 aromatic rings. The quantitative estimate of drug-likeness (QED) is 0.673. The van der Waals surface area contributed by atoms with Gasteiger partial charge in [-0.25, -0.2) is 0 Å². The Balaban J connectivity index is 1.58. The Morgan fingerprint density at radius 2 is 1.96 bits per heavy atom. The van der Waals surface area contributed by atoms with Crippen molar-refractivity contribution in [1.82, 2.24) is 0 Å². The van der Waals surface area contributed by atoms with Gasteiger partial charge in [-0.05, 0) is 44.7 Å². The molecule has 2 aliphatic rings. The average molecular weight is 352 g/mol. The zero-order valence-electron chi connectivity index (χ0n) is 15.3. The van der Waals surface area contributed by atoms with E-state index in [0.717, 1.165) is 35.0 Å². The van der Waals surface area contributed by atoms with Gasteiger partial charge >= 0.3 is 5.97 Å². The number of para-hydroxylation sites is 1. The molecule has 4 nitrogen and oxygen atoms in total. The average Bonchev–Trinajstić information content (AvgIpc) is 3.27. The SMILES string of the molecule is CC1=C(OC(=O)CC2CCCC2)C(C)=C(c2cc3ccccc3o2)OC1. The number of esters is 1. The molecule has 4 rings (SSSR count). The largest absolute Gasteiger partial charge is 0.485 e. The molecule has 26 heavy (non-hydrogen) atoms. The van der Waals surface area contributed by atoms with E-state index in [0.29, 0.717) is 36.2 Å². The number of fused-ring (bicyclic) bond motifs is 1. The van der Waals surface area contributed by atoms with Crippen molar-refractivity contribution in [3.05, 3.63) is 53.0 Å². The fourth-order valence-corrected chi connectivity index (χ4v) is 3.90. The molecule has 0 unspecified atom stereocenters. The van der Waals surface area contributed by atoms with Gasteiger partial charge in [-0.1, -0.05) is 31.0 Å². The lowest BCUT2D eigenvalue weighted by Gasteiger charge is -2.22. The molecule has 136 valence electrons. The molecule has 0 saturated heterocycles. The van der Waals surface area contributed by atoms with Gasteiger partial charge in [-0.15, -0.1) is 0 Å². The summed E-state index contributed by atoms with van der Waals surface area (Å²) >= 11 is 0. The van der Waals surface area contributed by atoms with E-state index in [4.69, 9.17) is 13.9 Å². The van der Waals surface area contributed by atoms with E-state index in [1.165, 1.54) is 12.8 Å². The molecular weight excluding hydrogens is 328 g/mol. The van der Waals surface area contributed by atoms with Crippen molar-refractivity contribution in [3.63, 3.8) is 0 Å². The molecule has 1 aromatic heterocycles. The van der Waals surface area contributed by atoms with Gasteiger partial charge in [0.25, 0.3) is 0 Å². The van der Waals surface area contributed by atoms with Crippen LogP contribution in [0.5, 0.6) is 0 Å². The zero-order chi connectivity index (χ0) is 18.1. The highest BCUT2D eigenvalue weighted by atomic mass is 16.5. The molecule has 0 radical (unpaired) electrons. The molecule has 1 aromatic carbocycles. The number of ether oxygens (including phenoxy) is 2. The first-order chi connectivity index (χ1) is 12.6. The molecule has 1 aliphatic heterocycles. The third-order valence-corrected chi connectivity index (χ3v) is 5.30. The number of hydrogen-bond donors (Lipinski definition) is 0. The van der Waals surface area contributed by atoms with E-state index in [1.54, 1.807) is 0 Å². The number of carbonyl (C=O) groups is 1. The van der Waals surface area contributed by atoms with Gasteiger partial charge in [0, 0.05) is 23.0 Å². The van der Waals surface area contributed by atoms with Crippen molar-refractivity contribution in [3.8, 4) is 0 Å². The second-order valence-electron chi connectivity index (χ2n) is 7.33. The van der Waals surface area contributed by atoms with Crippen LogP contribution >= 0.6 is 0 Å². The van der Waals surface area contributed by atoms with Crippen LogP contribution < -0.4 is 0 Å². The van der Waals surface area contributed by atoms with Gasteiger partial charge in [0.2, 0.25) is 0 Å². The van der Waals surface area contributed by atoms with Gasteiger partial charge < -0.3 is 13.9 Å². The maximum Gasteiger partial charge on any atom is 0.311 e. The maximum absolute atomic E-state index is 12.4. The van der Waals surface area contributed by atoms with E-state index in [9.17, 15) is 4.79 Å². The lowest BCUT2D eigenvalue weighted by Crippen LogP contribution is -2.16. The Bertz CT molecular complexity index is 861. The molecule has 4 heteroatoms. The lowest BCUT2D eigenvalue weighted by molar-refractivity contribution is -0.140. The summed E-state index contributed by atoms with van der Waals surface area (Å²) in [6.45, 7) is 4.26. The zero-order valence-corrected chi connectivity index (χ0v) is 15.3. The van der Waals surface area contributed by atoms with Crippen LogP contribution in [0, 0.1) is 5.92 Å². The van der Waals surface area contributed by atoms with Crippen LogP contribution in [0.3, 0.4) is 0 Å². The highest BCUT2D eigenvalue weighted by molar-refractivity contribution is 5.82. The Kier molecular flexibility index (Phi) is 4.58. The monoisotopic (exact) mass is 352 g/mol. The van der Waals surface area contributed by atoms with E-state index >= 15 is 0 Å². The van der Waals surface area contributed by atoms with Gasteiger partial charge in [0.05, 0.1) is 0 Å². The maximum atomic E-state index is 12.4. The molecule has 0 N–H and O–H groups in total. The fraction of sp³-hybridized carbons (Fsp3) is 0.409. The van der Waals surface area contributed by atoms with Crippen LogP contribution in [-0.4, -0.2) is 12.6 Å². The van der Waals surface area contributed by atoms with Crippen molar-refractivity contribution in [2.45, 2.75) is 46.0 Å². The summed E-state index contributed by atoms with van der Waals surface area (Å²) in [6.07, 6.45) is 5.22. The summed E-state index contributed by atoms with van der Waals surface area (Å²) in [7, 11) is 0. The predicted octanol–water partition coefficient (Wildman–Crippen LogP) is 5.59. The van der Waals surface area contributed by atoms with Crippen LogP contribution in [0.4, 0.5) is 0 Å². The van der Waals surface area contributed by atoms with Gasteiger partial charge in [-0.3, -0.25) is 4.79 Å². The van der Waals surface area contributed by atoms with Crippen molar-refractivity contribution in [2.24, 2.45) is 5.92 Å². The first kappa shape index (κ1) is 17.0. The minimum atomic E-state index is -0.142. The van der Waals surface area contributed by atoms with Crippen molar-refractivity contribution in [1.29, 1.82) is 0 Å². The van der Waals surface area contributed by atoms with Crippen LogP contribution in [0.2, 0.25) is 0 Å². The molecule has 0 bridgehead atoms. The minimum Gasteiger partial charge on any atom is -0.485 e. The summed E-state index contributed by atoms with van der Waals surface area (Å²) < 4.78 is 17.6. The smallest absolute Gasteiger partial charge is 0.311 e. The number of benzene rings is 1. The predicted molar refractivity (Wildman–Crippen MR) is 100 cm³/mol. The van der Waals surface area contributed by atoms with Gasteiger partial charge in [-0.2, -0.15) is 0 Å². The van der Waals surface area contributed by atoms with Crippen molar-refractivity contribution >= 4 is 22.7 Å². The minimum absolute atomic E-state index is 0.142.